The Kier molecular flexibility index (Phi) is 5.48. The van der Waals surface area contributed by atoms with Crippen LogP contribution in [0.15, 0.2) is 18.2 Å². The molecule has 0 aromatic heterocycles. The summed E-state index contributed by atoms with van der Waals surface area (Å²) in [7, 11) is 1.60. The fourth-order valence-electron chi connectivity index (χ4n) is 1.74. The van der Waals surface area contributed by atoms with E-state index in [4.69, 9.17) is 14.6 Å². The van der Waals surface area contributed by atoms with Crippen molar-refractivity contribution in [2.75, 3.05) is 13.7 Å². The number of ether oxygens (including phenoxy) is 2. The largest absolute Gasteiger partial charge is 0.496 e. The molecule has 0 bridgehead atoms. The molecule has 102 valence electrons. The second-order valence-corrected chi connectivity index (χ2v) is 5.64. The van der Waals surface area contributed by atoms with E-state index in [1.165, 1.54) is 0 Å². The van der Waals surface area contributed by atoms with Gasteiger partial charge in [-0.15, -0.1) is 0 Å². The van der Waals surface area contributed by atoms with Gasteiger partial charge in [-0.05, 0) is 30.4 Å². The first-order chi connectivity index (χ1) is 8.46. The van der Waals surface area contributed by atoms with Crippen molar-refractivity contribution in [3.05, 3.63) is 23.8 Å². The topological polar surface area (TPSA) is 38.7 Å². The maximum absolute atomic E-state index is 9.12. The number of hydrogen-bond donors (Lipinski definition) is 1. The summed E-state index contributed by atoms with van der Waals surface area (Å²) in [5.41, 5.74) is 1.13. The highest BCUT2D eigenvalue weighted by atomic mass is 16.5. The van der Waals surface area contributed by atoms with E-state index < -0.39 is 0 Å². The third-order valence-corrected chi connectivity index (χ3v) is 2.77. The zero-order valence-corrected chi connectivity index (χ0v) is 11.8. The van der Waals surface area contributed by atoms with E-state index in [1.54, 1.807) is 7.11 Å². The second-order valence-electron chi connectivity index (χ2n) is 5.64. The minimum absolute atomic E-state index is 0.0204. The number of benzene rings is 1. The van der Waals surface area contributed by atoms with Crippen LogP contribution in [0, 0.1) is 5.41 Å². The van der Waals surface area contributed by atoms with Crippen molar-refractivity contribution < 1.29 is 14.6 Å². The van der Waals surface area contributed by atoms with Crippen molar-refractivity contribution in [1.82, 2.24) is 0 Å². The van der Waals surface area contributed by atoms with Crippen LogP contribution in [0.2, 0.25) is 0 Å². The van der Waals surface area contributed by atoms with Crippen molar-refractivity contribution >= 4 is 0 Å². The lowest BCUT2D eigenvalue weighted by Gasteiger charge is -2.18. The molecule has 0 aliphatic rings. The molecule has 0 heterocycles. The van der Waals surface area contributed by atoms with Crippen LogP contribution in [-0.4, -0.2) is 18.8 Å². The second kappa shape index (κ2) is 6.64. The first kappa shape index (κ1) is 14.8. The van der Waals surface area contributed by atoms with Crippen LogP contribution in [0.3, 0.4) is 0 Å². The SMILES string of the molecule is COc1cc(OCCCC(C)(C)C)ccc1CO. The minimum Gasteiger partial charge on any atom is -0.496 e. The van der Waals surface area contributed by atoms with Gasteiger partial charge in [0.1, 0.15) is 11.5 Å². The summed E-state index contributed by atoms with van der Waals surface area (Å²) >= 11 is 0. The lowest BCUT2D eigenvalue weighted by molar-refractivity contribution is 0.263. The van der Waals surface area contributed by atoms with Crippen LogP contribution < -0.4 is 9.47 Å². The molecule has 0 atom stereocenters. The molecule has 0 saturated heterocycles. The molecule has 1 rings (SSSR count). The summed E-state index contributed by atoms with van der Waals surface area (Å²) < 4.78 is 10.9. The van der Waals surface area contributed by atoms with Gasteiger partial charge in [0.25, 0.3) is 0 Å². The van der Waals surface area contributed by atoms with Crippen molar-refractivity contribution in [3.63, 3.8) is 0 Å². The normalized spacial score (nSPS) is 11.4. The lowest BCUT2D eigenvalue weighted by atomic mass is 9.91. The molecule has 0 aliphatic heterocycles. The summed E-state index contributed by atoms with van der Waals surface area (Å²) in [5, 5.41) is 9.12. The van der Waals surface area contributed by atoms with Crippen LogP contribution in [0.25, 0.3) is 0 Å². The Morgan fingerprint density at radius 1 is 1.22 bits per heavy atom. The van der Waals surface area contributed by atoms with Crippen LogP contribution in [0.1, 0.15) is 39.2 Å². The summed E-state index contributed by atoms with van der Waals surface area (Å²) in [4.78, 5) is 0. The number of aliphatic hydroxyl groups excluding tert-OH is 1. The molecular weight excluding hydrogens is 228 g/mol. The third-order valence-electron chi connectivity index (χ3n) is 2.77. The Morgan fingerprint density at radius 3 is 2.50 bits per heavy atom. The number of hydrogen-bond acceptors (Lipinski definition) is 3. The molecule has 3 nitrogen and oxygen atoms in total. The minimum atomic E-state index is -0.0204. The zero-order valence-electron chi connectivity index (χ0n) is 11.8. The van der Waals surface area contributed by atoms with Gasteiger partial charge >= 0.3 is 0 Å². The van der Waals surface area contributed by atoms with Crippen molar-refractivity contribution in [2.24, 2.45) is 5.41 Å². The van der Waals surface area contributed by atoms with Crippen LogP contribution in [-0.2, 0) is 6.61 Å². The van der Waals surface area contributed by atoms with E-state index in [2.05, 4.69) is 20.8 Å². The lowest BCUT2D eigenvalue weighted by Crippen LogP contribution is -2.08. The molecule has 0 spiro atoms. The summed E-state index contributed by atoms with van der Waals surface area (Å²) in [6.07, 6.45) is 2.17. The molecule has 0 amide bonds. The van der Waals surface area contributed by atoms with Crippen molar-refractivity contribution in [3.8, 4) is 11.5 Å². The summed E-state index contributed by atoms with van der Waals surface area (Å²) in [6, 6.07) is 5.52. The van der Waals surface area contributed by atoms with Gasteiger partial charge in [-0.1, -0.05) is 20.8 Å². The van der Waals surface area contributed by atoms with Gasteiger partial charge in [0.05, 0.1) is 20.3 Å². The summed E-state index contributed by atoms with van der Waals surface area (Å²) in [5.74, 6) is 1.46. The smallest absolute Gasteiger partial charge is 0.128 e. The highest BCUT2D eigenvalue weighted by Crippen LogP contribution is 2.25. The molecule has 0 radical (unpaired) electrons. The first-order valence-electron chi connectivity index (χ1n) is 6.37. The molecular formula is C15H24O3. The maximum atomic E-state index is 9.12. The van der Waals surface area contributed by atoms with E-state index in [1.807, 2.05) is 18.2 Å². The third kappa shape index (κ3) is 4.96. The van der Waals surface area contributed by atoms with E-state index in [0.717, 1.165) is 24.2 Å². The van der Waals surface area contributed by atoms with Crippen molar-refractivity contribution in [2.45, 2.75) is 40.2 Å². The van der Waals surface area contributed by atoms with Gasteiger partial charge in [-0.25, -0.2) is 0 Å². The molecule has 0 saturated carbocycles. The Balaban J connectivity index is 2.48. The molecule has 1 aromatic carbocycles. The Morgan fingerprint density at radius 2 is 1.94 bits per heavy atom. The van der Waals surface area contributed by atoms with Crippen LogP contribution in [0.4, 0.5) is 0 Å². The maximum Gasteiger partial charge on any atom is 0.128 e. The van der Waals surface area contributed by atoms with Crippen LogP contribution >= 0.6 is 0 Å². The Labute approximate surface area is 110 Å². The van der Waals surface area contributed by atoms with Gasteiger partial charge < -0.3 is 14.6 Å². The van der Waals surface area contributed by atoms with Gasteiger partial charge in [0, 0.05) is 11.6 Å². The van der Waals surface area contributed by atoms with Gasteiger partial charge in [0.2, 0.25) is 0 Å². The molecule has 1 aromatic rings. The van der Waals surface area contributed by atoms with E-state index in [9.17, 15) is 0 Å². The van der Waals surface area contributed by atoms with Gasteiger partial charge in [-0.3, -0.25) is 0 Å². The molecule has 0 unspecified atom stereocenters. The van der Waals surface area contributed by atoms with E-state index >= 15 is 0 Å². The number of methoxy groups -OCH3 is 1. The molecule has 0 fully saturated rings. The predicted molar refractivity (Wildman–Crippen MR) is 73.1 cm³/mol. The fraction of sp³-hybridized carbons (Fsp3) is 0.600. The predicted octanol–water partition coefficient (Wildman–Crippen LogP) is 3.39. The molecule has 0 aliphatic carbocycles. The van der Waals surface area contributed by atoms with Gasteiger partial charge in [0.15, 0.2) is 0 Å². The monoisotopic (exact) mass is 252 g/mol. The highest BCUT2D eigenvalue weighted by molar-refractivity contribution is 5.40. The molecule has 3 heteroatoms. The van der Waals surface area contributed by atoms with E-state index in [0.29, 0.717) is 17.8 Å². The molecule has 18 heavy (non-hydrogen) atoms. The standard InChI is InChI=1S/C15H24O3/c1-15(2,3)8-5-9-18-13-7-6-12(11-16)14(10-13)17-4/h6-7,10,16H,5,8-9,11H2,1-4H3. The quantitative estimate of drug-likeness (QED) is 0.789. The summed E-state index contributed by atoms with van der Waals surface area (Å²) in [6.45, 7) is 7.37. The highest BCUT2D eigenvalue weighted by Gasteiger charge is 2.09. The Hall–Kier alpha value is -1.22. The fourth-order valence-corrected chi connectivity index (χ4v) is 1.74. The number of aliphatic hydroxyl groups is 1. The Bertz CT molecular complexity index is 366. The zero-order chi connectivity index (χ0) is 13.6. The number of rotatable bonds is 6. The van der Waals surface area contributed by atoms with Crippen LogP contribution in [0.5, 0.6) is 11.5 Å². The van der Waals surface area contributed by atoms with E-state index in [-0.39, 0.29) is 6.61 Å². The van der Waals surface area contributed by atoms with Gasteiger partial charge in [-0.2, -0.15) is 0 Å². The van der Waals surface area contributed by atoms with Crippen molar-refractivity contribution in [1.29, 1.82) is 0 Å². The molecule has 1 N–H and O–H groups in total. The average molecular weight is 252 g/mol. The average Bonchev–Trinajstić information content (AvgIpc) is 2.33. The first-order valence-corrected chi connectivity index (χ1v) is 6.37.